The fourth-order valence-electron chi connectivity index (χ4n) is 3.06. The van der Waals surface area contributed by atoms with E-state index in [1.165, 1.54) is 18.4 Å². The Morgan fingerprint density at radius 1 is 1.11 bits per heavy atom. The number of carbonyl (C=O) groups excluding carboxylic acids is 1. The van der Waals surface area contributed by atoms with Gasteiger partial charge in [-0.15, -0.1) is 0 Å². The molecule has 28 heavy (non-hydrogen) atoms. The molecule has 4 rings (SSSR count). The highest BCUT2D eigenvalue weighted by atomic mass is 16.1. The summed E-state index contributed by atoms with van der Waals surface area (Å²) in [5.41, 5.74) is 3.57. The fourth-order valence-corrected chi connectivity index (χ4v) is 3.06. The quantitative estimate of drug-likeness (QED) is 0.698. The van der Waals surface area contributed by atoms with Gasteiger partial charge in [-0.05, 0) is 37.8 Å². The van der Waals surface area contributed by atoms with Gasteiger partial charge < -0.3 is 10.2 Å². The van der Waals surface area contributed by atoms with E-state index in [2.05, 4.69) is 29.4 Å². The predicted octanol–water partition coefficient (Wildman–Crippen LogP) is 4.36. The van der Waals surface area contributed by atoms with Crippen LogP contribution >= 0.6 is 0 Å². The van der Waals surface area contributed by atoms with E-state index in [0.29, 0.717) is 29.7 Å². The zero-order chi connectivity index (χ0) is 19.5. The Hall–Kier alpha value is -3.21. The first kappa shape index (κ1) is 18.2. The molecule has 3 aromatic rings. The summed E-state index contributed by atoms with van der Waals surface area (Å²) in [7, 11) is 1.93. The molecule has 1 aromatic heterocycles. The minimum absolute atomic E-state index is 0.125. The van der Waals surface area contributed by atoms with E-state index in [-0.39, 0.29) is 5.91 Å². The first-order valence-electron chi connectivity index (χ1n) is 9.63. The number of hydrogen-bond donors (Lipinski definition) is 1. The number of benzene rings is 2. The van der Waals surface area contributed by atoms with Crippen molar-refractivity contribution >= 4 is 17.4 Å². The van der Waals surface area contributed by atoms with Gasteiger partial charge in [-0.25, -0.2) is 9.97 Å². The van der Waals surface area contributed by atoms with Gasteiger partial charge in [0.15, 0.2) is 5.82 Å². The number of carbonyl (C=O) groups is 1. The summed E-state index contributed by atoms with van der Waals surface area (Å²) in [4.78, 5) is 24.0. The monoisotopic (exact) mass is 372 g/mol. The second-order valence-corrected chi connectivity index (χ2v) is 7.34. The molecule has 0 radical (unpaired) electrons. The standard InChI is InChI=1S/C23H24N4O/c1-16-8-12-19(13-9-16)27(2)22-20(23(28)25-14-17-10-11-17)15-24-21(26-22)18-6-4-3-5-7-18/h3-9,12-13,15,17H,10-11,14H2,1-2H3,(H,25,28). The van der Waals surface area contributed by atoms with E-state index in [4.69, 9.17) is 4.98 Å². The minimum Gasteiger partial charge on any atom is -0.352 e. The number of aryl methyl sites for hydroxylation is 1. The maximum Gasteiger partial charge on any atom is 0.256 e. The van der Waals surface area contributed by atoms with Crippen molar-refractivity contribution in [3.63, 3.8) is 0 Å². The van der Waals surface area contributed by atoms with Gasteiger partial charge in [-0.2, -0.15) is 0 Å². The molecule has 5 nitrogen and oxygen atoms in total. The predicted molar refractivity (Wildman–Crippen MR) is 112 cm³/mol. The van der Waals surface area contributed by atoms with Crippen molar-refractivity contribution in [1.29, 1.82) is 0 Å². The lowest BCUT2D eigenvalue weighted by Crippen LogP contribution is -2.28. The molecule has 1 fully saturated rings. The molecule has 0 bridgehead atoms. The third kappa shape index (κ3) is 4.03. The van der Waals surface area contributed by atoms with E-state index in [9.17, 15) is 4.79 Å². The summed E-state index contributed by atoms with van der Waals surface area (Å²) < 4.78 is 0. The molecule has 1 N–H and O–H groups in total. The van der Waals surface area contributed by atoms with Gasteiger partial charge in [0.05, 0.1) is 0 Å². The van der Waals surface area contributed by atoms with Crippen LogP contribution in [0, 0.1) is 12.8 Å². The summed E-state index contributed by atoms with van der Waals surface area (Å²) in [5.74, 6) is 1.70. The van der Waals surface area contributed by atoms with Crippen LogP contribution in [0.1, 0.15) is 28.8 Å². The number of nitrogens with zero attached hydrogens (tertiary/aromatic N) is 3. The number of aromatic nitrogens is 2. The lowest BCUT2D eigenvalue weighted by Gasteiger charge is -2.22. The van der Waals surface area contributed by atoms with Crippen LogP contribution < -0.4 is 10.2 Å². The lowest BCUT2D eigenvalue weighted by molar-refractivity contribution is 0.0952. The van der Waals surface area contributed by atoms with Gasteiger partial charge in [-0.3, -0.25) is 4.79 Å². The van der Waals surface area contributed by atoms with Crippen LogP contribution in [0.3, 0.4) is 0 Å². The average molecular weight is 372 g/mol. The lowest BCUT2D eigenvalue weighted by atomic mass is 10.1. The summed E-state index contributed by atoms with van der Waals surface area (Å²) in [6, 6.07) is 18.0. The fraction of sp³-hybridized carbons (Fsp3) is 0.261. The maximum atomic E-state index is 12.8. The first-order valence-corrected chi connectivity index (χ1v) is 9.63. The van der Waals surface area contributed by atoms with Crippen LogP contribution in [0.15, 0.2) is 60.8 Å². The summed E-state index contributed by atoms with van der Waals surface area (Å²) in [5, 5.41) is 3.03. The Labute approximate surface area is 165 Å². The Kier molecular flexibility index (Phi) is 5.06. The van der Waals surface area contributed by atoms with Crippen molar-refractivity contribution in [1.82, 2.24) is 15.3 Å². The molecule has 5 heteroatoms. The Bertz CT molecular complexity index is 966. The SMILES string of the molecule is Cc1ccc(N(C)c2nc(-c3ccccc3)ncc2C(=O)NCC2CC2)cc1. The van der Waals surface area contributed by atoms with Crippen LogP contribution in [0.5, 0.6) is 0 Å². The Balaban J connectivity index is 1.71. The summed E-state index contributed by atoms with van der Waals surface area (Å²) in [6.07, 6.45) is 4.03. The first-order chi connectivity index (χ1) is 13.6. The van der Waals surface area contributed by atoms with Gasteiger partial charge in [-0.1, -0.05) is 48.0 Å². The van der Waals surface area contributed by atoms with Crippen molar-refractivity contribution < 1.29 is 4.79 Å². The number of nitrogens with one attached hydrogen (secondary N) is 1. The molecule has 0 aliphatic heterocycles. The van der Waals surface area contributed by atoms with Crippen molar-refractivity contribution in [2.45, 2.75) is 19.8 Å². The van der Waals surface area contributed by atoms with Gasteiger partial charge in [0.2, 0.25) is 0 Å². The van der Waals surface area contributed by atoms with Crippen LogP contribution in [-0.2, 0) is 0 Å². The summed E-state index contributed by atoms with van der Waals surface area (Å²) in [6.45, 7) is 2.77. The van der Waals surface area contributed by atoms with E-state index in [0.717, 1.165) is 11.3 Å². The van der Waals surface area contributed by atoms with Crippen LogP contribution in [-0.4, -0.2) is 29.5 Å². The average Bonchev–Trinajstić information content (AvgIpc) is 3.57. The summed E-state index contributed by atoms with van der Waals surface area (Å²) >= 11 is 0. The van der Waals surface area contributed by atoms with Gasteiger partial charge in [0, 0.05) is 31.0 Å². The molecule has 1 heterocycles. The van der Waals surface area contributed by atoms with Crippen molar-refractivity contribution in [3.8, 4) is 11.4 Å². The molecule has 142 valence electrons. The van der Waals surface area contributed by atoms with Crippen LogP contribution in [0.4, 0.5) is 11.5 Å². The highest BCUT2D eigenvalue weighted by Crippen LogP contribution is 2.29. The second kappa shape index (κ2) is 7.80. The Morgan fingerprint density at radius 3 is 2.50 bits per heavy atom. The topological polar surface area (TPSA) is 58.1 Å². The molecular formula is C23H24N4O. The van der Waals surface area contributed by atoms with Crippen LogP contribution in [0.2, 0.25) is 0 Å². The van der Waals surface area contributed by atoms with Crippen LogP contribution in [0.25, 0.3) is 11.4 Å². The van der Waals surface area contributed by atoms with E-state index < -0.39 is 0 Å². The highest BCUT2D eigenvalue weighted by molar-refractivity contribution is 5.99. The maximum absolute atomic E-state index is 12.8. The highest BCUT2D eigenvalue weighted by Gasteiger charge is 2.24. The molecule has 1 aliphatic rings. The minimum atomic E-state index is -0.125. The Morgan fingerprint density at radius 2 is 1.82 bits per heavy atom. The smallest absolute Gasteiger partial charge is 0.256 e. The molecule has 0 atom stereocenters. The van der Waals surface area contributed by atoms with E-state index in [1.807, 2.05) is 54.4 Å². The molecule has 0 unspecified atom stereocenters. The molecule has 2 aromatic carbocycles. The second-order valence-electron chi connectivity index (χ2n) is 7.34. The number of hydrogen-bond acceptors (Lipinski definition) is 4. The van der Waals surface area contributed by atoms with Gasteiger partial charge in [0.25, 0.3) is 5.91 Å². The normalized spacial score (nSPS) is 13.2. The number of rotatable bonds is 6. The number of anilines is 2. The molecular weight excluding hydrogens is 348 g/mol. The number of amides is 1. The van der Waals surface area contributed by atoms with E-state index in [1.54, 1.807) is 6.20 Å². The van der Waals surface area contributed by atoms with Crippen molar-refractivity contribution in [2.75, 3.05) is 18.5 Å². The molecule has 1 amide bonds. The third-order valence-electron chi connectivity index (χ3n) is 5.03. The zero-order valence-electron chi connectivity index (χ0n) is 16.2. The largest absolute Gasteiger partial charge is 0.352 e. The van der Waals surface area contributed by atoms with Gasteiger partial charge >= 0.3 is 0 Å². The van der Waals surface area contributed by atoms with Gasteiger partial charge in [0.1, 0.15) is 11.4 Å². The zero-order valence-corrected chi connectivity index (χ0v) is 16.2. The molecule has 1 aliphatic carbocycles. The van der Waals surface area contributed by atoms with Crippen molar-refractivity contribution in [3.05, 3.63) is 71.9 Å². The van der Waals surface area contributed by atoms with Crippen molar-refractivity contribution in [2.24, 2.45) is 5.92 Å². The molecule has 1 saturated carbocycles. The molecule has 0 spiro atoms. The third-order valence-corrected chi connectivity index (χ3v) is 5.03. The van der Waals surface area contributed by atoms with E-state index >= 15 is 0 Å². The molecule has 0 saturated heterocycles.